The summed E-state index contributed by atoms with van der Waals surface area (Å²) >= 11 is 1.40. The average molecular weight is 252 g/mol. The van der Waals surface area contributed by atoms with E-state index in [2.05, 4.69) is 11.1 Å². The van der Waals surface area contributed by atoms with Gasteiger partial charge in [0.2, 0.25) is 5.78 Å². The third-order valence-electron chi connectivity index (χ3n) is 2.82. The summed E-state index contributed by atoms with van der Waals surface area (Å²) in [6.45, 7) is 0. The smallest absolute Gasteiger partial charge is 0.205 e. The Morgan fingerprint density at radius 1 is 1.28 bits per heavy atom. The summed E-state index contributed by atoms with van der Waals surface area (Å²) in [6, 6.07) is 11.2. The van der Waals surface area contributed by atoms with Crippen LogP contribution in [0.3, 0.4) is 0 Å². The molecule has 86 valence electrons. The van der Waals surface area contributed by atoms with E-state index in [0.29, 0.717) is 21.4 Å². The van der Waals surface area contributed by atoms with Gasteiger partial charge >= 0.3 is 0 Å². The zero-order chi connectivity index (χ0) is 12.5. The highest BCUT2D eigenvalue weighted by Crippen LogP contribution is 2.25. The Morgan fingerprint density at radius 2 is 2.17 bits per heavy atom. The maximum atomic E-state index is 12.3. The number of aromatic nitrogens is 1. The molecule has 0 spiro atoms. The van der Waals surface area contributed by atoms with Gasteiger partial charge < -0.3 is 4.98 Å². The molecule has 0 unspecified atom stereocenters. The van der Waals surface area contributed by atoms with Crippen LogP contribution in [0, 0.1) is 11.3 Å². The number of nitrogens with one attached hydrogen (secondary N) is 1. The number of hydrogen-bond donors (Lipinski definition) is 1. The van der Waals surface area contributed by atoms with Gasteiger partial charge in [-0.1, -0.05) is 12.1 Å². The summed E-state index contributed by atoms with van der Waals surface area (Å²) in [4.78, 5) is 16.1. The molecule has 0 amide bonds. The van der Waals surface area contributed by atoms with E-state index in [-0.39, 0.29) is 5.78 Å². The number of H-pyrrole nitrogens is 1. The lowest BCUT2D eigenvalue weighted by Crippen LogP contribution is -1.97. The van der Waals surface area contributed by atoms with Crippen LogP contribution >= 0.6 is 11.3 Å². The number of nitrogens with zero attached hydrogens (tertiary/aromatic N) is 1. The molecule has 2 aromatic heterocycles. The second-order valence-corrected chi connectivity index (χ2v) is 4.80. The van der Waals surface area contributed by atoms with Gasteiger partial charge in [0.15, 0.2) is 0 Å². The van der Waals surface area contributed by atoms with Crippen molar-refractivity contribution >= 4 is 28.0 Å². The van der Waals surface area contributed by atoms with Crippen LogP contribution in [0.25, 0.3) is 10.9 Å². The molecule has 3 aromatic rings. The highest BCUT2D eigenvalue weighted by Gasteiger charge is 2.17. The van der Waals surface area contributed by atoms with Crippen molar-refractivity contribution in [2.75, 3.05) is 0 Å². The predicted octanol–water partition coefficient (Wildman–Crippen LogP) is 3.33. The van der Waals surface area contributed by atoms with Crippen molar-refractivity contribution < 1.29 is 4.79 Å². The van der Waals surface area contributed by atoms with E-state index in [1.807, 2.05) is 17.5 Å². The molecule has 0 aliphatic rings. The van der Waals surface area contributed by atoms with Crippen molar-refractivity contribution in [3.8, 4) is 6.07 Å². The summed E-state index contributed by atoms with van der Waals surface area (Å²) in [5, 5.41) is 11.7. The van der Waals surface area contributed by atoms with Crippen molar-refractivity contribution in [3.05, 3.63) is 57.9 Å². The summed E-state index contributed by atoms with van der Waals surface area (Å²) in [5.41, 5.74) is 1.90. The molecule has 0 aliphatic carbocycles. The predicted molar refractivity (Wildman–Crippen MR) is 70.8 cm³/mol. The summed E-state index contributed by atoms with van der Waals surface area (Å²) in [5.74, 6) is -0.0426. The maximum absolute atomic E-state index is 12.3. The Labute approximate surface area is 107 Å². The second-order valence-electron chi connectivity index (χ2n) is 3.85. The Hall–Kier alpha value is -2.38. The first kappa shape index (κ1) is 10.8. The molecule has 3 rings (SSSR count). The SMILES string of the molecule is N#Cc1cccc2[nH]cc(C(=O)c3cccs3)c12. The van der Waals surface area contributed by atoms with Crippen molar-refractivity contribution in [1.82, 2.24) is 4.98 Å². The highest BCUT2D eigenvalue weighted by atomic mass is 32.1. The van der Waals surface area contributed by atoms with Crippen molar-refractivity contribution in [2.24, 2.45) is 0 Å². The lowest BCUT2D eigenvalue weighted by atomic mass is 10.0. The van der Waals surface area contributed by atoms with Gasteiger partial charge in [0.25, 0.3) is 0 Å². The number of hydrogen-bond acceptors (Lipinski definition) is 3. The number of carbonyl (C=O) groups is 1. The fraction of sp³-hybridized carbons (Fsp3) is 0. The van der Waals surface area contributed by atoms with Crippen LogP contribution in [0.4, 0.5) is 0 Å². The molecule has 0 bridgehead atoms. The van der Waals surface area contributed by atoms with E-state index < -0.39 is 0 Å². The summed E-state index contributed by atoms with van der Waals surface area (Å²) < 4.78 is 0. The van der Waals surface area contributed by atoms with Gasteiger partial charge in [0.1, 0.15) is 0 Å². The van der Waals surface area contributed by atoms with Crippen molar-refractivity contribution in [1.29, 1.82) is 5.26 Å². The lowest BCUT2D eigenvalue weighted by Gasteiger charge is -1.98. The monoisotopic (exact) mass is 252 g/mol. The van der Waals surface area contributed by atoms with Crippen LogP contribution in [-0.2, 0) is 0 Å². The second kappa shape index (κ2) is 4.13. The summed E-state index contributed by atoms with van der Waals surface area (Å²) in [6.07, 6.45) is 1.67. The molecular formula is C14H8N2OS. The number of aromatic amines is 1. The minimum Gasteiger partial charge on any atom is -0.360 e. The quantitative estimate of drug-likeness (QED) is 0.711. The number of benzene rings is 1. The Kier molecular flexibility index (Phi) is 2.47. The highest BCUT2D eigenvalue weighted by molar-refractivity contribution is 7.12. The molecule has 0 fully saturated rings. The molecule has 0 saturated carbocycles. The third-order valence-corrected chi connectivity index (χ3v) is 3.68. The largest absolute Gasteiger partial charge is 0.360 e. The topological polar surface area (TPSA) is 56.6 Å². The number of thiophene rings is 1. The average Bonchev–Trinajstić information content (AvgIpc) is 3.06. The zero-order valence-electron chi connectivity index (χ0n) is 9.31. The molecule has 1 aromatic carbocycles. The lowest BCUT2D eigenvalue weighted by molar-refractivity contribution is 0.104. The van der Waals surface area contributed by atoms with E-state index in [9.17, 15) is 4.79 Å². The normalized spacial score (nSPS) is 10.4. The number of nitriles is 1. The van der Waals surface area contributed by atoms with Gasteiger partial charge in [0, 0.05) is 17.1 Å². The number of rotatable bonds is 2. The van der Waals surface area contributed by atoms with Crippen LogP contribution < -0.4 is 0 Å². The molecule has 3 nitrogen and oxygen atoms in total. The van der Waals surface area contributed by atoms with Gasteiger partial charge in [-0.2, -0.15) is 5.26 Å². The van der Waals surface area contributed by atoms with E-state index in [1.54, 1.807) is 24.4 Å². The Morgan fingerprint density at radius 3 is 2.89 bits per heavy atom. The van der Waals surface area contributed by atoms with E-state index in [1.165, 1.54) is 11.3 Å². The molecular weight excluding hydrogens is 244 g/mol. The van der Waals surface area contributed by atoms with Gasteiger partial charge in [0.05, 0.1) is 22.1 Å². The van der Waals surface area contributed by atoms with E-state index in [0.717, 1.165) is 5.52 Å². The minimum absolute atomic E-state index is 0.0426. The van der Waals surface area contributed by atoms with Crippen molar-refractivity contribution in [2.45, 2.75) is 0 Å². The molecule has 0 atom stereocenters. The van der Waals surface area contributed by atoms with Crippen LogP contribution in [0.5, 0.6) is 0 Å². The molecule has 1 N–H and O–H groups in total. The standard InChI is InChI=1S/C14H8N2OS/c15-7-9-3-1-4-11-13(9)10(8-16-11)14(17)12-5-2-6-18-12/h1-6,8,16H. The van der Waals surface area contributed by atoms with Crippen LogP contribution in [-0.4, -0.2) is 10.8 Å². The first-order valence-corrected chi connectivity index (χ1v) is 6.27. The molecule has 4 heteroatoms. The van der Waals surface area contributed by atoms with Crippen molar-refractivity contribution in [3.63, 3.8) is 0 Å². The number of carbonyl (C=O) groups excluding carboxylic acids is 1. The molecule has 0 radical (unpaired) electrons. The number of fused-ring (bicyclic) bond motifs is 1. The first-order valence-electron chi connectivity index (χ1n) is 5.39. The van der Waals surface area contributed by atoms with E-state index in [4.69, 9.17) is 5.26 Å². The Balaban J connectivity index is 2.25. The van der Waals surface area contributed by atoms with Crippen LogP contribution in [0.15, 0.2) is 41.9 Å². The van der Waals surface area contributed by atoms with Gasteiger partial charge in [-0.15, -0.1) is 11.3 Å². The third kappa shape index (κ3) is 1.53. The van der Waals surface area contributed by atoms with E-state index >= 15 is 0 Å². The maximum Gasteiger partial charge on any atom is 0.205 e. The molecule has 18 heavy (non-hydrogen) atoms. The molecule has 0 aliphatic heterocycles. The number of ketones is 1. The van der Waals surface area contributed by atoms with Crippen LogP contribution in [0.2, 0.25) is 0 Å². The van der Waals surface area contributed by atoms with Crippen LogP contribution in [0.1, 0.15) is 20.8 Å². The fourth-order valence-electron chi connectivity index (χ4n) is 2.00. The minimum atomic E-state index is -0.0426. The summed E-state index contributed by atoms with van der Waals surface area (Å²) in [7, 11) is 0. The van der Waals surface area contributed by atoms with Gasteiger partial charge in [-0.05, 0) is 23.6 Å². The fourth-order valence-corrected chi connectivity index (χ4v) is 2.68. The first-order chi connectivity index (χ1) is 8.81. The zero-order valence-corrected chi connectivity index (χ0v) is 10.1. The van der Waals surface area contributed by atoms with Gasteiger partial charge in [-0.3, -0.25) is 4.79 Å². The van der Waals surface area contributed by atoms with Gasteiger partial charge in [-0.25, -0.2) is 0 Å². The molecule has 2 heterocycles. The molecule has 0 saturated heterocycles. The Bertz CT molecular complexity index is 763.